The average Bonchev–Trinajstić information content (AvgIpc) is 2.98. The fraction of sp³-hybridized carbons (Fsp3) is 0.786. The second-order valence-corrected chi connectivity index (χ2v) is 5.47. The molecular formula is C14H23N3O3. The van der Waals surface area contributed by atoms with Gasteiger partial charge in [0.2, 0.25) is 17.7 Å². The van der Waals surface area contributed by atoms with Gasteiger partial charge in [0.1, 0.15) is 0 Å². The monoisotopic (exact) mass is 281 g/mol. The molecule has 0 saturated carbocycles. The topological polar surface area (TPSA) is 60.9 Å². The molecular weight excluding hydrogens is 258 g/mol. The van der Waals surface area contributed by atoms with Crippen LogP contribution in [-0.4, -0.2) is 71.7 Å². The number of likely N-dealkylation sites (tertiary alicyclic amines) is 1. The highest BCUT2D eigenvalue weighted by Gasteiger charge is 2.24. The Morgan fingerprint density at radius 1 is 0.700 bits per heavy atom. The van der Waals surface area contributed by atoms with E-state index in [0.29, 0.717) is 32.6 Å². The van der Waals surface area contributed by atoms with Crippen molar-refractivity contribution in [1.82, 2.24) is 14.7 Å². The average molecular weight is 281 g/mol. The van der Waals surface area contributed by atoms with E-state index in [0.717, 1.165) is 25.9 Å². The van der Waals surface area contributed by atoms with E-state index in [1.165, 1.54) is 0 Å². The SMILES string of the molecule is CC(=O)N1CCN(C(=O)CCC(=O)N2CCCC2)CC1. The fourth-order valence-electron chi connectivity index (χ4n) is 2.77. The maximum absolute atomic E-state index is 12.0. The summed E-state index contributed by atoms with van der Waals surface area (Å²) in [7, 11) is 0. The number of carbonyl (C=O) groups is 3. The van der Waals surface area contributed by atoms with Crippen molar-refractivity contribution in [3.05, 3.63) is 0 Å². The van der Waals surface area contributed by atoms with Crippen molar-refractivity contribution < 1.29 is 14.4 Å². The first-order chi connectivity index (χ1) is 9.58. The van der Waals surface area contributed by atoms with Crippen LogP contribution in [0, 0.1) is 0 Å². The largest absolute Gasteiger partial charge is 0.343 e. The van der Waals surface area contributed by atoms with Gasteiger partial charge in [-0.1, -0.05) is 0 Å². The molecule has 20 heavy (non-hydrogen) atoms. The van der Waals surface area contributed by atoms with Crippen molar-refractivity contribution in [2.24, 2.45) is 0 Å². The summed E-state index contributed by atoms with van der Waals surface area (Å²) in [5, 5.41) is 0. The van der Waals surface area contributed by atoms with Gasteiger partial charge in [-0.2, -0.15) is 0 Å². The highest BCUT2D eigenvalue weighted by atomic mass is 16.2. The van der Waals surface area contributed by atoms with E-state index in [2.05, 4.69) is 0 Å². The third-order valence-electron chi connectivity index (χ3n) is 4.09. The minimum absolute atomic E-state index is 0.0285. The summed E-state index contributed by atoms with van der Waals surface area (Å²) in [5.74, 6) is 0.181. The molecule has 6 heteroatoms. The Kier molecular flexibility index (Phi) is 4.98. The minimum Gasteiger partial charge on any atom is -0.343 e. The molecule has 0 aromatic carbocycles. The van der Waals surface area contributed by atoms with Crippen LogP contribution in [0.5, 0.6) is 0 Å². The van der Waals surface area contributed by atoms with Gasteiger partial charge in [-0.15, -0.1) is 0 Å². The number of rotatable bonds is 3. The molecule has 112 valence electrons. The summed E-state index contributed by atoms with van der Waals surface area (Å²) in [5.41, 5.74) is 0. The van der Waals surface area contributed by atoms with Crippen molar-refractivity contribution in [2.75, 3.05) is 39.3 Å². The van der Waals surface area contributed by atoms with Crippen LogP contribution in [0.1, 0.15) is 32.6 Å². The Balaban J connectivity index is 1.70. The molecule has 2 rings (SSSR count). The molecule has 2 fully saturated rings. The van der Waals surface area contributed by atoms with Crippen LogP contribution in [0.3, 0.4) is 0 Å². The summed E-state index contributed by atoms with van der Waals surface area (Å²) in [4.78, 5) is 40.5. The van der Waals surface area contributed by atoms with Crippen LogP contribution in [0.15, 0.2) is 0 Å². The minimum atomic E-state index is 0.0285. The van der Waals surface area contributed by atoms with Crippen LogP contribution in [-0.2, 0) is 14.4 Å². The van der Waals surface area contributed by atoms with Gasteiger partial charge in [0.05, 0.1) is 0 Å². The third kappa shape index (κ3) is 3.71. The molecule has 2 aliphatic heterocycles. The van der Waals surface area contributed by atoms with Gasteiger partial charge in [-0.25, -0.2) is 0 Å². The summed E-state index contributed by atoms with van der Waals surface area (Å²) >= 11 is 0. The van der Waals surface area contributed by atoms with E-state index < -0.39 is 0 Å². The first kappa shape index (κ1) is 14.8. The van der Waals surface area contributed by atoms with Gasteiger partial charge in [-0.05, 0) is 12.8 Å². The predicted molar refractivity (Wildman–Crippen MR) is 73.9 cm³/mol. The van der Waals surface area contributed by atoms with Gasteiger partial charge >= 0.3 is 0 Å². The first-order valence-corrected chi connectivity index (χ1v) is 7.39. The molecule has 0 spiro atoms. The molecule has 0 aliphatic carbocycles. The molecule has 0 aromatic heterocycles. The summed E-state index contributed by atoms with van der Waals surface area (Å²) in [6.07, 6.45) is 2.75. The maximum atomic E-state index is 12.0. The van der Waals surface area contributed by atoms with Gasteiger partial charge < -0.3 is 14.7 Å². The number of hydrogen-bond donors (Lipinski definition) is 0. The second-order valence-electron chi connectivity index (χ2n) is 5.47. The van der Waals surface area contributed by atoms with E-state index >= 15 is 0 Å². The number of amides is 3. The first-order valence-electron chi connectivity index (χ1n) is 7.39. The van der Waals surface area contributed by atoms with Gasteiger partial charge in [0, 0.05) is 59.0 Å². The smallest absolute Gasteiger partial charge is 0.223 e. The molecule has 3 amide bonds. The van der Waals surface area contributed by atoms with E-state index in [-0.39, 0.29) is 24.1 Å². The molecule has 6 nitrogen and oxygen atoms in total. The predicted octanol–water partition coefficient (Wildman–Crippen LogP) is 0.0797. The zero-order chi connectivity index (χ0) is 14.5. The molecule has 2 heterocycles. The van der Waals surface area contributed by atoms with Crippen molar-refractivity contribution in [1.29, 1.82) is 0 Å². The molecule has 2 aliphatic rings. The number of nitrogens with zero attached hydrogens (tertiary/aromatic N) is 3. The van der Waals surface area contributed by atoms with E-state index in [4.69, 9.17) is 0 Å². The number of piperazine rings is 1. The maximum Gasteiger partial charge on any atom is 0.223 e. The normalized spacial score (nSPS) is 19.4. The van der Waals surface area contributed by atoms with Crippen LogP contribution in [0.4, 0.5) is 0 Å². The second kappa shape index (κ2) is 6.72. The Labute approximate surface area is 119 Å². The van der Waals surface area contributed by atoms with Gasteiger partial charge in [-0.3, -0.25) is 14.4 Å². The molecule has 2 saturated heterocycles. The molecule has 0 unspecified atom stereocenters. The van der Waals surface area contributed by atoms with Gasteiger partial charge in [0.15, 0.2) is 0 Å². The molecule has 0 radical (unpaired) electrons. The van der Waals surface area contributed by atoms with Crippen molar-refractivity contribution in [2.45, 2.75) is 32.6 Å². The Hall–Kier alpha value is -1.59. The highest BCUT2D eigenvalue weighted by molar-refractivity contribution is 5.84. The molecule has 0 aromatic rings. The lowest BCUT2D eigenvalue weighted by atomic mass is 10.2. The Bertz CT molecular complexity index is 383. The fourth-order valence-corrected chi connectivity index (χ4v) is 2.77. The molecule has 0 N–H and O–H groups in total. The quantitative estimate of drug-likeness (QED) is 0.736. The molecule has 0 bridgehead atoms. The third-order valence-corrected chi connectivity index (χ3v) is 4.09. The highest BCUT2D eigenvalue weighted by Crippen LogP contribution is 2.11. The number of hydrogen-bond acceptors (Lipinski definition) is 3. The van der Waals surface area contributed by atoms with Gasteiger partial charge in [0.25, 0.3) is 0 Å². The van der Waals surface area contributed by atoms with Crippen molar-refractivity contribution in [3.8, 4) is 0 Å². The van der Waals surface area contributed by atoms with E-state index in [1.807, 2.05) is 4.90 Å². The van der Waals surface area contributed by atoms with Crippen LogP contribution in [0.2, 0.25) is 0 Å². The summed E-state index contributed by atoms with van der Waals surface area (Å²) in [6, 6.07) is 0. The van der Waals surface area contributed by atoms with Crippen molar-refractivity contribution >= 4 is 17.7 Å². The lowest BCUT2D eigenvalue weighted by molar-refractivity contribution is -0.140. The zero-order valence-electron chi connectivity index (χ0n) is 12.1. The lowest BCUT2D eigenvalue weighted by Gasteiger charge is -2.34. The van der Waals surface area contributed by atoms with E-state index in [9.17, 15) is 14.4 Å². The summed E-state index contributed by atoms with van der Waals surface area (Å²) < 4.78 is 0. The Morgan fingerprint density at radius 2 is 1.10 bits per heavy atom. The zero-order valence-corrected chi connectivity index (χ0v) is 12.1. The van der Waals surface area contributed by atoms with Crippen LogP contribution < -0.4 is 0 Å². The Morgan fingerprint density at radius 3 is 1.55 bits per heavy atom. The van der Waals surface area contributed by atoms with E-state index in [1.54, 1.807) is 16.7 Å². The lowest BCUT2D eigenvalue weighted by Crippen LogP contribution is -2.50. The van der Waals surface area contributed by atoms with Crippen LogP contribution in [0.25, 0.3) is 0 Å². The summed E-state index contributed by atoms with van der Waals surface area (Å²) in [6.45, 7) is 5.58. The number of carbonyl (C=O) groups excluding carboxylic acids is 3. The standard InChI is InChI=1S/C14H23N3O3/c1-12(18)15-8-10-17(11-9-15)14(20)5-4-13(19)16-6-2-3-7-16/h2-11H2,1H3. The van der Waals surface area contributed by atoms with Crippen LogP contribution >= 0.6 is 0 Å². The van der Waals surface area contributed by atoms with Crippen molar-refractivity contribution in [3.63, 3.8) is 0 Å². The molecule has 0 atom stereocenters.